The summed E-state index contributed by atoms with van der Waals surface area (Å²) in [6, 6.07) is 8.54. The molecule has 0 radical (unpaired) electrons. The number of imidazole rings is 1. The molecule has 262 valence electrons. The molecule has 4 aromatic rings. The Labute approximate surface area is 284 Å². The van der Waals surface area contributed by atoms with Crippen LogP contribution in [0.15, 0.2) is 41.2 Å². The molecule has 1 unspecified atom stereocenters. The number of unbranched alkanes of at least 4 members (excludes halogenated alkanes) is 1. The van der Waals surface area contributed by atoms with Crippen molar-refractivity contribution in [2.75, 3.05) is 34.2 Å². The third-order valence-electron chi connectivity index (χ3n) is 9.51. The van der Waals surface area contributed by atoms with E-state index < -0.39 is 51.9 Å². The van der Waals surface area contributed by atoms with Crippen LogP contribution in [0.25, 0.3) is 21.8 Å². The number of nitrogens with one attached hydrogen (secondary N) is 3. The number of aromatic nitrogens is 2. The highest BCUT2D eigenvalue weighted by Crippen LogP contribution is 2.39. The van der Waals surface area contributed by atoms with Crippen LogP contribution in [0, 0.1) is 5.82 Å². The molecule has 0 saturated carbocycles. The Morgan fingerprint density at radius 2 is 1.86 bits per heavy atom. The third-order valence-corrected chi connectivity index (χ3v) is 10.9. The minimum Gasteiger partial charge on any atom is -0.506 e. The standard InChI is InChI=1S/C33H34FN7O8S/c1-38-30-21-5-4-14-39(22(21)9-10-23(30)41(33(38)47)24-11-12-27(44)36-32(24)46)13-3-2-6-26(43)35-19-7-8-20-18(15-19)16-25(42)31(29(20)34)40-17-28(45)37-50(40,48)49/h7-10,15-16,24,42H,2-6,11-14,17H2,1H3,(H,35,43)(H,37,45)(H,36,44,46). The van der Waals surface area contributed by atoms with Gasteiger partial charge in [0.05, 0.1) is 11.0 Å². The molecule has 1 atom stereocenters. The summed E-state index contributed by atoms with van der Waals surface area (Å²) in [5.74, 6) is -3.62. The van der Waals surface area contributed by atoms with Gasteiger partial charge in [-0.25, -0.2) is 18.2 Å². The van der Waals surface area contributed by atoms with E-state index in [0.29, 0.717) is 34.9 Å². The van der Waals surface area contributed by atoms with E-state index >= 15 is 4.39 Å². The molecule has 3 aliphatic rings. The van der Waals surface area contributed by atoms with Gasteiger partial charge in [-0.05, 0) is 73.9 Å². The average Bonchev–Trinajstić information content (AvgIpc) is 3.48. The highest BCUT2D eigenvalue weighted by molar-refractivity contribution is 7.92. The minimum absolute atomic E-state index is 0.00274. The fourth-order valence-electron chi connectivity index (χ4n) is 7.22. The lowest BCUT2D eigenvalue weighted by molar-refractivity contribution is -0.135. The van der Waals surface area contributed by atoms with Crippen molar-refractivity contribution in [3.63, 3.8) is 0 Å². The summed E-state index contributed by atoms with van der Waals surface area (Å²) in [4.78, 5) is 64.3. The topological polar surface area (TPSA) is 192 Å². The Kier molecular flexibility index (Phi) is 8.24. The smallest absolute Gasteiger partial charge is 0.329 e. The molecule has 0 aliphatic carbocycles. The third kappa shape index (κ3) is 5.70. The van der Waals surface area contributed by atoms with Crippen LogP contribution >= 0.6 is 0 Å². The number of amides is 4. The van der Waals surface area contributed by atoms with Gasteiger partial charge >= 0.3 is 15.9 Å². The van der Waals surface area contributed by atoms with Crippen LogP contribution in [-0.2, 0) is 42.9 Å². The Balaban J connectivity index is 0.997. The molecule has 50 heavy (non-hydrogen) atoms. The molecular weight excluding hydrogens is 673 g/mol. The van der Waals surface area contributed by atoms with Gasteiger partial charge in [0.25, 0.3) is 5.91 Å². The van der Waals surface area contributed by atoms with Crippen molar-refractivity contribution in [1.29, 1.82) is 0 Å². The predicted octanol–water partition coefficient (Wildman–Crippen LogP) is 2.06. The van der Waals surface area contributed by atoms with Crippen molar-refractivity contribution in [3.8, 4) is 5.75 Å². The van der Waals surface area contributed by atoms with Gasteiger partial charge in [-0.3, -0.25) is 33.6 Å². The van der Waals surface area contributed by atoms with Crippen molar-refractivity contribution in [3.05, 3.63) is 58.3 Å². The Bertz CT molecular complexity index is 2300. The second-order valence-corrected chi connectivity index (χ2v) is 14.3. The normalized spacial score (nSPS) is 18.8. The average molecular weight is 708 g/mol. The van der Waals surface area contributed by atoms with Gasteiger partial charge in [-0.15, -0.1) is 0 Å². The van der Waals surface area contributed by atoms with Gasteiger partial charge in [0.2, 0.25) is 17.7 Å². The molecule has 4 amide bonds. The molecule has 4 heterocycles. The van der Waals surface area contributed by atoms with Crippen LogP contribution in [0.5, 0.6) is 5.75 Å². The van der Waals surface area contributed by atoms with Gasteiger partial charge < -0.3 is 15.3 Å². The Hall–Kier alpha value is -5.45. The van der Waals surface area contributed by atoms with E-state index in [0.717, 1.165) is 36.2 Å². The van der Waals surface area contributed by atoms with Crippen LogP contribution in [0.3, 0.4) is 0 Å². The second-order valence-electron chi connectivity index (χ2n) is 12.7. The van der Waals surface area contributed by atoms with E-state index in [2.05, 4.69) is 15.5 Å². The molecule has 3 aliphatic heterocycles. The lowest BCUT2D eigenvalue weighted by Crippen LogP contribution is -2.44. The van der Waals surface area contributed by atoms with Crippen LogP contribution < -0.4 is 30.3 Å². The van der Waals surface area contributed by atoms with Crippen molar-refractivity contribution >= 4 is 72.7 Å². The summed E-state index contributed by atoms with van der Waals surface area (Å²) in [6.45, 7) is 0.825. The van der Waals surface area contributed by atoms with E-state index in [4.69, 9.17) is 0 Å². The first kappa shape index (κ1) is 33.1. The summed E-state index contributed by atoms with van der Waals surface area (Å²) >= 11 is 0. The maximum atomic E-state index is 15.4. The highest BCUT2D eigenvalue weighted by atomic mass is 32.2. The number of fused-ring (bicyclic) bond motifs is 4. The second kappa shape index (κ2) is 12.5. The lowest BCUT2D eigenvalue weighted by atomic mass is 9.99. The number of halogens is 1. The zero-order valence-electron chi connectivity index (χ0n) is 27.0. The van der Waals surface area contributed by atoms with E-state index in [1.54, 1.807) is 16.3 Å². The summed E-state index contributed by atoms with van der Waals surface area (Å²) in [5, 5.41) is 15.8. The number of carbonyl (C=O) groups is 4. The van der Waals surface area contributed by atoms with E-state index in [-0.39, 0.29) is 47.5 Å². The van der Waals surface area contributed by atoms with Gasteiger partial charge in [0.15, 0.2) is 5.82 Å². The molecule has 15 nitrogen and oxygen atoms in total. The van der Waals surface area contributed by atoms with Crippen molar-refractivity contribution in [1.82, 2.24) is 19.2 Å². The SMILES string of the molecule is Cn1c(=O)n(C2CCC(=O)NC2=O)c2ccc3c(c21)CCCN3CCCCC(=O)Nc1ccc2c(F)c(N3CC(=O)NS3(=O)=O)c(O)cc2c1. The Morgan fingerprint density at radius 3 is 2.60 bits per heavy atom. The van der Waals surface area contributed by atoms with Crippen molar-refractivity contribution in [2.24, 2.45) is 7.05 Å². The Morgan fingerprint density at radius 1 is 1.06 bits per heavy atom. The van der Waals surface area contributed by atoms with Gasteiger partial charge in [0.1, 0.15) is 24.0 Å². The quantitative estimate of drug-likeness (QED) is 0.157. The first-order chi connectivity index (χ1) is 23.8. The maximum Gasteiger partial charge on any atom is 0.329 e. The molecule has 17 heteroatoms. The van der Waals surface area contributed by atoms with Crippen molar-refractivity contribution < 1.29 is 37.1 Å². The zero-order chi connectivity index (χ0) is 35.5. The molecule has 7 rings (SSSR count). The number of hydrogen-bond acceptors (Lipinski definition) is 9. The fourth-order valence-corrected chi connectivity index (χ4v) is 8.39. The minimum atomic E-state index is -4.34. The molecule has 1 aromatic heterocycles. The molecule has 2 fully saturated rings. The molecule has 0 bridgehead atoms. The number of imide groups is 1. The van der Waals surface area contributed by atoms with Gasteiger partial charge in [-0.2, -0.15) is 8.42 Å². The lowest BCUT2D eigenvalue weighted by Gasteiger charge is -2.32. The number of benzene rings is 3. The van der Waals surface area contributed by atoms with E-state index in [9.17, 15) is 37.5 Å². The highest BCUT2D eigenvalue weighted by Gasteiger charge is 2.38. The summed E-state index contributed by atoms with van der Waals surface area (Å²) in [6.07, 6.45) is 3.56. The number of rotatable bonds is 8. The number of nitrogens with zero attached hydrogens (tertiary/aromatic N) is 4. The number of aryl methyl sites for hydroxylation is 2. The largest absolute Gasteiger partial charge is 0.506 e. The number of anilines is 3. The summed E-state index contributed by atoms with van der Waals surface area (Å²) < 4.78 is 45.1. The number of aromatic hydroxyl groups is 1. The van der Waals surface area contributed by atoms with Crippen LogP contribution in [-0.4, -0.2) is 65.9 Å². The number of piperidine rings is 1. The van der Waals surface area contributed by atoms with Gasteiger partial charge in [-0.1, -0.05) is 0 Å². The summed E-state index contributed by atoms with van der Waals surface area (Å²) in [7, 11) is -2.65. The monoisotopic (exact) mass is 707 g/mol. The molecular formula is C33H34FN7O8S. The molecule has 4 N–H and O–H groups in total. The van der Waals surface area contributed by atoms with Crippen LogP contribution in [0.4, 0.5) is 21.5 Å². The molecule has 0 spiro atoms. The number of hydrogen-bond donors (Lipinski definition) is 4. The number of phenolic OH excluding ortho intramolecular Hbond substituents is 1. The fraction of sp³-hybridized carbons (Fsp3) is 0.364. The van der Waals surface area contributed by atoms with Crippen LogP contribution in [0.2, 0.25) is 0 Å². The first-order valence-electron chi connectivity index (χ1n) is 16.2. The predicted molar refractivity (Wildman–Crippen MR) is 182 cm³/mol. The number of carbonyl (C=O) groups excluding carboxylic acids is 4. The van der Waals surface area contributed by atoms with E-state index in [1.165, 1.54) is 28.8 Å². The summed E-state index contributed by atoms with van der Waals surface area (Å²) in [5.41, 5.74) is 2.88. The van der Waals surface area contributed by atoms with E-state index in [1.807, 2.05) is 12.1 Å². The first-order valence-corrected chi connectivity index (χ1v) is 17.7. The maximum absolute atomic E-state index is 15.4. The molecule has 2 saturated heterocycles. The van der Waals surface area contributed by atoms with Crippen LogP contribution in [0.1, 0.15) is 50.1 Å². The molecule has 3 aromatic carbocycles. The number of phenols is 1. The van der Waals surface area contributed by atoms with Crippen molar-refractivity contribution in [2.45, 2.75) is 51.0 Å². The zero-order valence-corrected chi connectivity index (χ0v) is 27.8. The van der Waals surface area contributed by atoms with Gasteiger partial charge in [0, 0.05) is 55.3 Å².